The Labute approximate surface area is 222 Å². The number of thiophene rings is 1. The molecule has 4 heterocycles. The number of urea groups is 1. The quantitative estimate of drug-likeness (QED) is 0.351. The minimum absolute atomic E-state index is 0.0961. The second kappa shape index (κ2) is 9.39. The Balaban J connectivity index is 1.48. The first-order chi connectivity index (χ1) is 17.9. The second-order valence-corrected chi connectivity index (χ2v) is 11.2. The highest BCUT2D eigenvalue weighted by Crippen LogP contribution is 2.43. The molecule has 7 heteroatoms. The molecule has 2 amide bonds. The van der Waals surface area contributed by atoms with Gasteiger partial charge in [0.05, 0.1) is 25.4 Å². The van der Waals surface area contributed by atoms with Gasteiger partial charge in [0.25, 0.3) is 0 Å². The van der Waals surface area contributed by atoms with Gasteiger partial charge in [-0.25, -0.2) is 4.79 Å². The fraction of sp³-hybridized carbons (Fsp3) is 0.300. The molecule has 1 atom stereocenters. The van der Waals surface area contributed by atoms with Crippen molar-refractivity contribution in [3.8, 4) is 10.8 Å². The van der Waals surface area contributed by atoms with Crippen molar-refractivity contribution in [2.24, 2.45) is 0 Å². The van der Waals surface area contributed by atoms with E-state index in [-0.39, 0.29) is 12.1 Å². The summed E-state index contributed by atoms with van der Waals surface area (Å²) in [6.07, 6.45) is 3.15. The van der Waals surface area contributed by atoms with Crippen molar-refractivity contribution >= 4 is 23.1 Å². The number of rotatable bonds is 3. The SMILES string of the molecule is COc1ccc([C@@H]2c3cccn3-c3sc4c(c3CN2C(=O)Nc2ccc(C)cc2C)CCN(C)C4)cc1. The lowest BCUT2D eigenvalue weighted by Gasteiger charge is -2.32. The molecule has 0 bridgehead atoms. The maximum absolute atomic E-state index is 14.1. The molecule has 6 rings (SSSR count). The normalized spacial score (nSPS) is 17.0. The number of benzene rings is 2. The predicted molar refractivity (Wildman–Crippen MR) is 149 cm³/mol. The number of hydrogen-bond acceptors (Lipinski definition) is 4. The van der Waals surface area contributed by atoms with Crippen LogP contribution >= 0.6 is 11.3 Å². The summed E-state index contributed by atoms with van der Waals surface area (Å²) in [4.78, 5) is 19.9. The zero-order chi connectivity index (χ0) is 25.7. The number of amides is 2. The number of hydrogen-bond donors (Lipinski definition) is 1. The maximum Gasteiger partial charge on any atom is 0.322 e. The molecular weight excluding hydrogens is 480 g/mol. The van der Waals surface area contributed by atoms with Gasteiger partial charge in [-0.3, -0.25) is 0 Å². The minimum atomic E-state index is -0.242. The zero-order valence-electron chi connectivity index (χ0n) is 21.7. The summed E-state index contributed by atoms with van der Waals surface area (Å²) in [5, 5.41) is 4.48. The molecule has 0 spiro atoms. The molecule has 1 N–H and O–H groups in total. The molecule has 0 saturated carbocycles. The van der Waals surface area contributed by atoms with Crippen LogP contribution in [0.5, 0.6) is 5.75 Å². The fourth-order valence-electron chi connectivity index (χ4n) is 5.63. The maximum atomic E-state index is 14.1. The third kappa shape index (κ3) is 4.22. The Bertz CT molecular complexity index is 1470. The number of likely N-dealkylation sites (N-methyl/N-ethyl adjacent to an activating group) is 1. The van der Waals surface area contributed by atoms with E-state index in [2.05, 4.69) is 65.3 Å². The highest BCUT2D eigenvalue weighted by atomic mass is 32.1. The van der Waals surface area contributed by atoms with E-state index in [0.29, 0.717) is 6.54 Å². The van der Waals surface area contributed by atoms with Gasteiger partial charge < -0.3 is 24.4 Å². The van der Waals surface area contributed by atoms with Gasteiger partial charge in [-0.15, -0.1) is 11.3 Å². The summed E-state index contributed by atoms with van der Waals surface area (Å²) in [5.41, 5.74) is 7.92. The molecule has 0 radical (unpaired) electrons. The van der Waals surface area contributed by atoms with Gasteiger partial charge in [-0.05, 0) is 74.3 Å². The van der Waals surface area contributed by atoms with Gasteiger partial charge in [0.2, 0.25) is 0 Å². The summed E-state index contributed by atoms with van der Waals surface area (Å²) in [7, 11) is 3.85. The van der Waals surface area contributed by atoms with E-state index < -0.39 is 0 Å². The number of carbonyl (C=O) groups is 1. The smallest absolute Gasteiger partial charge is 0.322 e. The summed E-state index contributed by atoms with van der Waals surface area (Å²) < 4.78 is 7.72. The zero-order valence-corrected chi connectivity index (χ0v) is 22.6. The van der Waals surface area contributed by atoms with Gasteiger partial charge in [0.1, 0.15) is 10.8 Å². The van der Waals surface area contributed by atoms with E-state index in [1.807, 2.05) is 47.4 Å². The Kier molecular flexibility index (Phi) is 6.05. The third-order valence-corrected chi connectivity index (χ3v) is 8.83. The standard InChI is InChI=1S/C30H32N4O2S/c1-19-7-12-25(20(2)16-19)31-30(35)34-17-24-23-13-15-32(3)18-27(23)37-29(24)33-14-5-6-26(33)28(34)21-8-10-22(36-4)11-9-21/h5-12,14,16,28H,13,15,17-18H2,1-4H3,(H,31,35)/t28-/m1/s1. The molecule has 37 heavy (non-hydrogen) atoms. The second-order valence-electron chi connectivity index (χ2n) is 10.1. The molecule has 0 unspecified atom stereocenters. The highest BCUT2D eigenvalue weighted by molar-refractivity contribution is 7.15. The average molecular weight is 513 g/mol. The van der Waals surface area contributed by atoms with Crippen LogP contribution in [0.15, 0.2) is 60.8 Å². The van der Waals surface area contributed by atoms with Crippen LogP contribution in [0.4, 0.5) is 10.5 Å². The number of methoxy groups -OCH3 is 1. The molecule has 0 aliphatic carbocycles. The van der Waals surface area contributed by atoms with Crippen LogP contribution < -0.4 is 10.1 Å². The van der Waals surface area contributed by atoms with Gasteiger partial charge in [-0.1, -0.05) is 29.8 Å². The summed E-state index contributed by atoms with van der Waals surface area (Å²) in [6.45, 7) is 6.66. The summed E-state index contributed by atoms with van der Waals surface area (Å²) in [5.74, 6) is 0.802. The van der Waals surface area contributed by atoms with Crippen molar-refractivity contribution in [1.82, 2.24) is 14.4 Å². The molecular formula is C30H32N4O2S. The van der Waals surface area contributed by atoms with Gasteiger partial charge in [0, 0.05) is 35.4 Å². The van der Waals surface area contributed by atoms with Crippen molar-refractivity contribution in [3.05, 3.63) is 99.2 Å². The van der Waals surface area contributed by atoms with Crippen molar-refractivity contribution in [3.63, 3.8) is 0 Å². The molecule has 2 aromatic heterocycles. The number of carbonyl (C=O) groups excluding carboxylic acids is 1. The Morgan fingerprint density at radius 3 is 2.62 bits per heavy atom. The lowest BCUT2D eigenvalue weighted by molar-refractivity contribution is 0.194. The Morgan fingerprint density at radius 1 is 1.05 bits per heavy atom. The largest absolute Gasteiger partial charge is 0.497 e. The number of ether oxygens (including phenoxy) is 1. The summed E-state index contributed by atoms with van der Waals surface area (Å²) >= 11 is 1.87. The molecule has 0 fully saturated rings. The number of aromatic nitrogens is 1. The fourth-order valence-corrected chi connectivity index (χ4v) is 7.07. The number of nitrogens with one attached hydrogen (secondary N) is 1. The van der Waals surface area contributed by atoms with Crippen molar-refractivity contribution in [2.75, 3.05) is 26.0 Å². The lowest BCUT2D eigenvalue weighted by Crippen LogP contribution is -2.38. The van der Waals surface area contributed by atoms with Crippen LogP contribution in [-0.2, 0) is 19.5 Å². The molecule has 4 aromatic rings. The number of anilines is 1. The van der Waals surface area contributed by atoms with Crippen LogP contribution in [0.1, 0.15) is 44.4 Å². The van der Waals surface area contributed by atoms with Crippen molar-refractivity contribution < 1.29 is 9.53 Å². The number of aryl methyl sites for hydroxylation is 2. The van der Waals surface area contributed by atoms with Crippen LogP contribution in [0.25, 0.3) is 5.00 Å². The lowest BCUT2D eigenvalue weighted by atomic mass is 10.00. The van der Waals surface area contributed by atoms with Crippen LogP contribution in [0.2, 0.25) is 0 Å². The molecule has 6 nitrogen and oxygen atoms in total. The van der Waals surface area contributed by atoms with Crippen molar-refractivity contribution in [1.29, 1.82) is 0 Å². The number of fused-ring (bicyclic) bond motifs is 5. The minimum Gasteiger partial charge on any atom is -0.497 e. The molecule has 190 valence electrons. The van der Waals surface area contributed by atoms with Crippen LogP contribution in [0.3, 0.4) is 0 Å². The first kappa shape index (κ1) is 23.8. The average Bonchev–Trinajstić information content (AvgIpc) is 3.47. The van der Waals surface area contributed by atoms with Crippen LogP contribution in [0, 0.1) is 13.8 Å². The van der Waals surface area contributed by atoms with E-state index in [1.165, 1.54) is 26.6 Å². The van der Waals surface area contributed by atoms with E-state index in [1.54, 1.807) is 7.11 Å². The van der Waals surface area contributed by atoms with E-state index in [0.717, 1.165) is 47.8 Å². The first-order valence-electron chi connectivity index (χ1n) is 12.7. The van der Waals surface area contributed by atoms with E-state index >= 15 is 0 Å². The van der Waals surface area contributed by atoms with Crippen molar-refractivity contribution in [2.45, 2.75) is 39.4 Å². The monoisotopic (exact) mass is 512 g/mol. The first-order valence-corrected chi connectivity index (χ1v) is 13.5. The van der Waals surface area contributed by atoms with Gasteiger partial charge in [0.15, 0.2) is 0 Å². The topological polar surface area (TPSA) is 49.7 Å². The molecule has 2 aromatic carbocycles. The molecule has 0 saturated heterocycles. The van der Waals surface area contributed by atoms with E-state index in [9.17, 15) is 4.79 Å². The molecule has 2 aliphatic heterocycles. The Hall–Kier alpha value is -3.55. The third-order valence-electron chi connectivity index (χ3n) is 7.57. The van der Waals surface area contributed by atoms with Gasteiger partial charge >= 0.3 is 6.03 Å². The molecule has 2 aliphatic rings. The summed E-state index contributed by atoms with van der Waals surface area (Å²) in [6, 6.07) is 18.1. The highest BCUT2D eigenvalue weighted by Gasteiger charge is 2.36. The van der Waals surface area contributed by atoms with Crippen LogP contribution in [-0.4, -0.2) is 41.1 Å². The van der Waals surface area contributed by atoms with Gasteiger partial charge in [-0.2, -0.15) is 0 Å². The predicted octanol–water partition coefficient (Wildman–Crippen LogP) is 6.29. The van der Waals surface area contributed by atoms with E-state index in [4.69, 9.17) is 4.74 Å². The number of nitrogens with zero attached hydrogens (tertiary/aromatic N) is 3. The Morgan fingerprint density at radius 2 is 1.86 bits per heavy atom.